The molecule has 0 saturated carbocycles. The third-order valence-electron chi connectivity index (χ3n) is 5.44. The van der Waals surface area contributed by atoms with Crippen molar-refractivity contribution in [2.24, 2.45) is 0 Å². The van der Waals surface area contributed by atoms with E-state index in [1.807, 2.05) is 11.0 Å². The molecule has 1 aliphatic heterocycles. The van der Waals surface area contributed by atoms with E-state index in [2.05, 4.69) is 39.6 Å². The Hall–Kier alpha value is -2.69. The molecule has 1 aromatic carbocycles. The van der Waals surface area contributed by atoms with Crippen LogP contribution in [0.25, 0.3) is 0 Å². The molecular weight excluding hydrogens is 336 g/mol. The summed E-state index contributed by atoms with van der Waals surface area (Å²) in [5, 5.41) is 3.34. The van der Waals surface area contributed by atoms with Crippen LogP contribution in [0.2, 0.25) is 0 Å². The Labute approximate surface area is 160 Å². The van der Waals surface area contributed by atoms with Crippen LogP contribution < -0.4 is 5.32 Å². The lowest BCUT2D eigenvalue weighted by molar-refractivity contribution is 0.0728. The Balaban J connectivity index is 1.37. The van der Waals surface area contributed by atoms with Crippen LogP contribution in [-0.2, 0) is 13.0 Å². The van der Waals surface area contributed by atoms with Gasteiger partial charge in [0.15, 0.2) is 0 Å². The molecule has 2 aliphatic rings. The van der Waals surface area contributed by atoms with E-state index in [1.54, 1.807) is 6.07 Å². The van der Waals surface area contributed by atoms with Gasteiger partial charge in [-0.1, -0.05) is 35.9 Å². The fraction of sp³-hybridized carbons (Fsp3) is 0.409. The van der Waals surface area contributed by atoms with E-state index in [0.29, 0.717) is 12.2 Å². The van der Waals surface area contributed by atoms with E-state index in [1.165, 1.54) is 48.7 Å². The quantitative estimate of drug-likeness (QED) is 0.818. The summed E-state index contributed by atoms with van der Waals surface area (Å²) in [6.45, 7) is 2.22. The van der Waals surface area contributed by atoms with E-state index < -0.39 is 0 Å². The molecule has 0 unspecified atom stereocenters. The van der Waals surface area contributed by atoms with Crippen LogP contribution in [-0.4, -0.2) is 33.9 Å². The monoisotopic (exact) mass is 362 g/mol. The summed E-state index contributed by atoms with van der Waals surface area (Å²) in [4.78, 5) is 23.2. The third-order valence-corrected chi connectivity index (χ3v) is 5.44. The molecule has 0 spiro atoms. The second-order valence-corrected chi connectivity index (χ2v) is 7.32. The van der Waals surface area contributed by atoms with Crippen LogP contribution in [0.3, 0.4) is 0 Å². The number of nitrogens with zero attached hydrogens (tertiary/aromatic N) is 3. The van der Waals surface area contributed by atoms with Gasteiger partial charge in [-0.05, 0) is 49.7 Å². The Morgan fingerprint density at radius 2 is 2.00 bits per heavy atom. The number of hydrogen-bond acceptors (Lipinski definition) is 4. The van der Waals surface area contributed by atoms with Crippen LogP contribution in [0.15, 0.2) is 48.3 Å². The van der Waals surface area contributed by atoms with Gasteiger partial charge in [-0.15, -0.1) is 0 Å². The summed E-state index contributed by atoms with van der Waals surface area (Å²) in [7, 11) is 0. The first-order chi connectivity index (χ1) is 13.3. The fourth-order valence-corrected chi connectivity index (χ4v) is 3.88. The summed E-state index contributed by atoms with van der Waals surface area (Å²) >= 11 is 0. The molecule has 4 rings (SSSR count). The average molecular weight is 362 g/mol. The predicted molar refractivity (Wildman–Crippen MR) is 107 cm³/mol. The second kappa shape index (κ2) is 8.33. The maximum absolute atomic E-state index is 12.9. The normalized spacial score (nSPS) is 16.4. The highest BCUT2D eigenvalue weighted by Crippen LogP contribution is 2.21. The van der Waals surface area contributed by atoms with Crippen molar-refractivity contribution in [3.05, 3.63) is 65.1 Å². The molecule has 1 amide bonds. The van der Waals surface area contributed by atoms with Crippen molar-refractivity contribution in [3.63, 3.8) is 0 Å². The van der Waals surface area contributed by atoms with Gasteiger partial charge in [-0.2, -0.15) is 0 Å². The zero-order valence-corrected chi connectivity index (χ0v) is 15.7. The number of aromatic nitrogens is 2. The van der Waals surface area contributed by atoms with Gasteiger partial charge < -0.3 is 10.2 Å². The van der Waals surface area contributed by atoms with Gasteiger partial charge in [0.1, 0.15) is 17.8 Å². The minimum absolute atomic E-state index is 0.0232. The Kier molecular flexibility index (Phi) is 5.47. The van der Waals surface area contributed by atoms with Gasteiger partial charge in [-0.3, -0.25) is 4.79 Å². The van der Waals surface area contributed by atoms with Crippen LogP contribution in [0.4, 0.5) is 5.82 Å². The van der Waals surface area contributed by atoms with Crippen LogP contribution >= 0.6 is 0 Å². The molecule has 5 nitrogen and oxygen atoms in total. The number of hydrogen-bond donors (Lipinski definition) is 1. The summed E-state index contributed by atoms with van der Waals surface area (Å²) in [5.74, 6) is 0.701. The van der Waals surface area contributed by atoms with Crippen molar-refractivity contribution in [3.8, 4) is 0 Å². The number of carbonyl (C=O) groups is 1. The zero-order chi connectivity index (χ0) is 18.5. The van der Waals surface area contributed by atoms with Crippen LogP contribution in [0.5, 0.6) is 0 Å². The molecule has 0 atom stereocenters. The number of anilines is 1. The average Bonchev–Trinajstić information content (AvgIpc) is 2.74. The van der Waals surface area contributed by atoms with E-state index in [0.717, 1.165) is 31.7 Å². The molecule has 5 heteroatoms. The lowest BCUT2D eigenvalue weighted by Gasteiger charge is -2.28. The molecule has 0 radical (unpaired) electrons. The first kappa shape index (κ1) is 17.7. The maximum Gasteiger partial charge on any atom is 0.272 e. The van der Waals surface area contributed by atoms with Crippen molar-refractivity contribution in [2.45, 2.75) is 45.1 Å². The van der Waals surface area contributed by atoms with Gasteiger partial charge in [0.05, 0.1) is 0 Å². The molecule has 0 saturated heterocycles. The van der Waals surface area contributed by atoms with Gasteiger partial charge in [0, 0.05) is 25.7 Å². The number of amides is 1. The molecule has 1 N–H and O–H groups in total. The van der Waals surface area contributed by atoms with Crippen LogP contribution in [0.1, 0.15) is 53.7 Å². The number of rotatable bonds is 5. The van der Waals surface area contributed by atoms with Crippen molar-refractivity contribution in [1.29, 1.82) is 0 Å². The Morgan fingerprint density at radius 3 is 2.85 bits per heavy atom. The fourth-order valence-electron chi connectivity index (χ4n) is 3.88. The highest BCUT2D eigenvalue weighted by atomic mass is 16.2. The molecule has 140 valence electrons. The summed E-state index contributed by atoms with van der Waals surface area (Å²) < 4.78 is 0. The van der Waals surface area contributed by atoms with Crippen molar-refractivity contribution in [1.82, 2.24) is 14.9 Å². The third kappa shape index (κ3) is 4.35. The summed E-state index contributed by atoms with van der Waals surface area (Å²) in [6, 6.07) is 10.1. The van der Waals surface area contributed by atoms with Crippen LogP contribution in [0, 0.1) is 0 Å². The number of fused-ring (bicyclic) bond motifs is 1. The van der Waals surface area contributed by atoms with E-state index in [-0.39, 0.29) is 5.91 Å². The van der Waals surface area contributed by atoms with Gasteiger partial charge >= 0.3 is 0 Å². The van der Waals surface area contributed by atoms with Crippen molar-refractivity contribution < 1.29 is 4.79 Å². The summed E-state index contributed by atoms with van der Waals surface area (Å²) in [6.07, 6.45) is 10.8. The SMILES string of the molecule is O=C(c1cc(NCCC2=CCCCC2)ncn1)N1CCc2ccccc2C1. The molecule has 2 aromatic rings. The topological polar surface area (TPSA) is 58.1 Å². The predicted octanol–water partition coefficient (Wildman–Crippen LogP) is 3.98. The lowest BCUT2D eigenvalue weighted by atomic mass is 9.97. The van der Waals surface area contributed by atoms with Crippen molar-refractivity contribution in [2.75, 3.05) is 18.4 Å². The minimum atomic E-state index is -0.0232. The molecule has 1 aliphatic carbocycles. The minimum Gasteiger partial charge on any atom is -0.370 e. The molecule has 0 fully saturated rings. The number of nitrogens with one attached hydrogen (secondary N) is 1. The Bertz CT molecular complexity index is 846. The van der Waals surface area contributed by atoms with Gasteiger partial charge in [0.2, 0.25) is 0 Å². The molecular formula is C22H26N4O. The first-order valence-electron chi connectivity index (χ1n) is 9.89. The smallest absolute Gasteiger partial charge is 0.272 e. The van der Waals surface area contributed by atoms with Crippen molar-refractivity contribution >= 4 is 11.7 Å². The highest BCUT2D eigenvalue weighted by molar-refractivity contribution is 5.93. The highest BCUT2D eigenvalue weighted by Gasteiger charge is 2.22. The van der Waals surface area contributed by atoms with E-state index in [9.17, 15) is 4.79 Å². The first-order valence-corrected chi connectivity index (χ1v) is 9.89. The number of carbonyl (C=O) groups excluding carboxylic acids is 1. The molecule has 27 heavy (non-hydrogen) atoms. The second-order valence-electron chi connectivity index (χ2n) is 7.32. The lowest BCUT2D eigenvalue weighted by Crippen LogP contribution is -2.36. The molecule has 1 aromatic heterocycles. The number of benzene rings is 1. The molecule has 2 heterocycles. The molecule has 0 bridgehead atoms. The van der Waals surface area contributed by atoms with E-state index >= 15 is 0 Å². The van der Waals surface area contributed by atoms with E-state index in [4.69, 9.17) is 0 Å². The number of allylic oxidation sites excluding steroid dienone is 1. The standard InChI is InChI=1S/C22H26N4O/c27-22(26-13-11-18-8-4-5-9-19(18)15-26)20-14-21(25-16-24-20)23-12-10-17-6-2-1-3-7-17/h4-6,8-9,14,16H,1-3,7,10-13,15H2,(H,23,24,25). The largest absolute Gasteiger partial charge is 0.370 e. The van der Waals surface area contributed by atoms with Gasteiger partial charge in [-0.25, -0.2) is 9.97 Å². The van der Waals surface area contributed by atoms with Gasteiger partial charge in [0.25, 0.3) is 5.91 Å². The maximum atomic E-state index is 12.9. The summed E-state index contributed by atoms with van der Waals surface area (Å²) in [5.41, 5.74) is 4.56. The zero-order valence-electron chi connectivity index (χ0n) is 15.7. The Morgan fingerprint density at radius 1 is 1.11 bits per heavy atom.